The van der Waals surface area contributed by atoms with Crippen molar-refractivity contribution in [2.24, 2.45) is 0 Å². The Bertz CT molecular complexity index is 1390. The molecule has 0 aliphatic rings. The lowest BCUT2D eigenvalue weighted by atomic mass is 10.1. The van der Waals surface area contributed by atoms with Gasteiger partial charge < -0.3 is 4.42 Å². The Labute approximate surface area is 172 Å². The molecular weight excluding hydrogens is 400 g/mol. The van der Waals surface area contributed by atoms with Gasteiger partial charge in [0.2, 0.25) is 5.89 Å². The summed E-state index contributed by atoms with van der Waals surface area (Å²) in [5, 5.41) is 7.10. The van der Waals surface area contributed by atoms with Crippen LogP contribution in [0.4, 0.5) is 5.69 Å². The van der Waals surface area contributed by atoms with E-state index in [4.69, 9.17) is 4.42 Å². The van der Waals surface area contributed by atoms with E-state index in [1.807, 2.05) is 36.4 Å². The number of rotatable bonds is 5. The molecule has 0 bridgehead atoms. The summed E-state index contributed by atoms with van der Waals surface area (Å²) in [6, 6.07) is 22.8. The molecule has 30 heavy (non-hydrogen) atoms. The molecule has 2 N–H and O–H groups in total. The van der Waals surface area contributed by atoms with Crippen LogP contribution in [0.1, 0.15) is 0 Å². The average molecular weight is 416 g/mol. The van der Waals surface area contributed by atoms with Crippen LogP contribution in [-0.2, 0) is 10.0 Å². The van der Waals surface area contributed by atoms with Crippen LogP contribution in [0.5, 0.6) is 0 Å². The number of anilines is 1. The maximum atomic E-state index is 12.5. The lowest BCUT2D eigenvalue weighted by Crippen LogP contribution is -2.12. The Morgan fingerprint density at radius 2 is 1.60 bits per heavy atom. The van der Waals surface area contributed by atoms with E-state index in [1.165, 1.54) is 0 Å². The Kier molecular flexibility index (Phi) is 4.33. The van der Waals surface area contributed by atoms with Gasteiger partial charge in [-0.25, -0.2) is 13.4 Å². The van der Waals surface area contributed by atoms with Gasteiger partial charge in [0.05, 0.1) is 22.3 Å². The van der Waals surface area contributed by atoms with Crippen molar-refractivity contribution < 1.29 is 12.8 Å². The first-order valence-corrected chi connectivity index (χ1v) is 10.7. The van der Waals surface area contributed by atoms with E-state index in [1.54, 1.807) is 48.7 Å². The second kappa shape index (κ2) is 7.16. The minimum atomic E-state index is -3.64. The molecule has 0 amide bonds. The Morgan fingerprint density at radius 3 is 2.37 bits per heavy atom. The highest BCUT2D eigenvalue weighted by molar-refractivity contribution is 7.92. The minimum Gasteiger partial charge on any atom is -0.436 e. The first-order chi connectivity index (χ1) is 14.6. The zero-order valence-electron chi connectivity index (χ0n) is 15.6. The molecule has 0 atom stereocenters. The van der Waals surface area contributed by atoms with Crippen LogP contribution >= 0.6 is 0 Å². The first-order valence-electron chi connectivity index (χ1n) is 9.18. The lowest BCUT2D eigenvalue weighted by Gasteiger charge is -2.09. The number of oxazole rings is 1. The minimum absolute atomic E-state index is 0.209. The maximum absolute atomic E-state index is 12.5. The molecule has 0 unspecified atom stereocenters. The van der Waals surface area contributed by atoms with E-state index in [2.05, 4.69) is 19.9 Å². The van der Waals surface area contributed by atoms with Crippen molar-refractivity contribution in [1.82, 2.24) is 15.2 Å². The second-order valence-corrected chi connectivity index (χ2v) is 8.32. The van der Waals surface area contributed by atoms with Crippen molar-refractivity contribution >= 4 is 26.8 Å². The van der Waals surface area contributed by atoms with Gasteiger partial charge in [-0.1, -0.05) is 42.5 Å². The van der Waals surface area contributed by atoms with Gasteiger partial charge >= 0.3 is 0 Å². The number of nitrogens with zero attached hydrogens (tertiary/aromatic N) is 2. The summed E-state index contributed by atoms with van der Waals surface area (Å²) in [4.78, 5) is 4.73. The molecule has 7 nitrogen and oxygen atoms in total. The number of H-pyrrole nitrogens is 1. The third kappa shape index (κ3) is 3.33. The molecule has 0 aliphatic heterocycles. The van der Waals surface area contributed by atoms with Gasteiger partial charge in [-0.2, -0.15) is 5.10 Å². The maximum Gasteiger partial charge on any atom is 0.261 e. The third-order valence-corrected chi connectivity index (χ3v) is 6.04. The van der Waals surface area contributed by atoms with Gasteiger partial charge in [0.1, 0.15) is 5.52 Å². The summed E-state index contributed by atoms with van der Waals surface area (Å²) in [6.45, 7) is 0. The second-order valence-electron chi connectivity index (χ2n) is 6.64. The van der Waals surface area contributed by atoms with Crippen LogP contribution in [0, 0.1) is 0 Å². The summed E-state index contributed by atoms with van der Waals surface area (Å²) in [7, 11) is -3.64. The summed E-state index contributed by atoms with van der Waals surface area (Å²) >= 11 is 0. The normalized spacial score (nSPS) is 11.6. The molecule has 5 aromatic rings. The molecular formula is C22H16N4O3S. The molecule has 8 heteroatoms. The average Bonchev–Trinajstić information content (AvgIpc) is 3.41. The topological polar surface area (TPSA) is 101 Å². The molecule has 0 aliphatic carbocycles. The number of aromatic amines is 1. The Morgan fingerprint density at radius 1 is 0.867 bits per heavy atom. The molecule has 0 radical (unpaired) electrons. The molecule has 0 saturated carbocycles. The van der Waals surface area contributed by atoms with E-state index in [9.17, 15) is 8.42 Å². The van der Waals surface area contributed by atoms with Crippen molar-refractivity contribution in [1.29, 1.82) is 0 Å². The van der Waals surface area contributed by atoms with Crippen LogP contribution in [0.3, 0.4) is 0 Å². The quantitative estimate of drug-likeness (QED) is 0.433. The summed E-state index contributed by atoms with van der Waals surface area (Å²) in [5.74, 6) is 0.466. The van der Waals surface area contributed by atoms with Crippen molar-refractivity contribution in [3.63, 3.8) is 0 Å². The van der Waals surface area contributed by atoms with Crippen molar-refractivity contribution in [2.75, 3.05) is 4.72 Å². The zero-order chi connectivity index (χ0) is 20.6. The standard InChI is InChI=1S/C22H16N4O3S/c27-30(28,17-6-2-1-3-7-17)26-16-12-10-15(11-13-16)21-18(14-23-25-21)22-24-19-8-4-5-9-20(19)29-22/h1-14,26H,(H,23,25). The largest absolute Gasteiger partial charge is 0.436 e. The van der Waals surface area contributed by atoms with E-state index in [-0.39, 0.29) is 4.90 Å². The summed E-state index contributed by atoms with van der Waals surface area (Å²) < 4.78 is 33.4. The van der Waals surface area contributed by atoms with E-state index in [0.717, 1.165) is 22.3 Å². The molecule has 3 aromatic carbocycles. The van der Waals surface area contributed by atoms with E-state index < -0.39 is 10.0 Å². The van der Waals surface area contributed by atoms with Crippen LogP contribution < -0.4 is 4.72 Å². The molecule has 0 fully saturated rings. The number of hydrogen-bond donors (Lipinski definition) is 2. The number of benzene rings is 3. The number of nitrogens with one attached hydrogen (secondary N) is 2. The fourth-order valence-electron chi connectivity index (χ4n) is 3.17. The number of sulfonamides is 1. The molecule has 0 spiro atoms. The molecule has 148 valence electrons. The Balaban J connectivity index is 1.44. The summed E-state index contributed by atoms with van der Waals surface area (Å²) in [6.07, 6.45) is 1.66. The first kappa shape index (κ1) is 18.1. The SMILES string of the molecule is O=S(=O)(Nc1ccc(-c2[nH]ncc2-c2nc3ccccc3o2)cc1)c1ccccc1. The lowest BCUT2D eigenvalue weighted by molar-refractivity contribution is 0.601. The van der Waals surface area contributed by atoms with Crippen LogP contribution in [0.25, 0.3) is 33.8 Å². The van der Waals surface area contributed by atoms with E-state index >= 15 is 0 Å². The predicted octanol–water partition coefficient (Wildman–Crippen LogP) is 4.69. The van der Waals surface area contributed by atoms with Gasteiger partial charge in [-0.3, -0.25) is 9.82 Å². The van der Waals surface area contributed by atoms with Gasteiger partial charge in [0.25, 0.3) is 10.0 Å². The van der Waals surface area contributed by atoms with Gasteiger partial charge in [-0.05, 0) is 36.4 Å². The molecule has 5 rings (SSSR count). The Hall–Kier alpha value is -3.91. The highest BCUT2D eigenvalue weighted by Gasteiger charge is 2.17. The highest BCUT2D eigenvalue weighted by atomic mass is 32.2. The number of aromatic nitrogens is 3. The highest BCUT2D eigenvalue weighted by Crippen LogP contribution is 2.32. The van der Waals surface area contributed by atoms with Crippen molar-refractivity contribution in [3.8, 4) is 22.7 Å². The number of fused-ring (bicyclic) bond motifs is 1. The van der Waals surface area contributed by atoms with Gasteiger partial charge in [0.15, 0.2) is 5.58 Å². The fourth-order valence-corrected chi connectivity index (χ4v) is 4.25. The summed E-state index contributed by atoms with van der Waals surface area (Å²) in [5.41, 5.74) is 4.22. The van der Waals surface area contributed by atoms with E-state index in [0.29, 0.717) is 17.2 Å². The van der Waals surface area contributed by atoms with Crippen LogP contribution in [0.15, 0.2) is 94.4 Å². The number of hydrogen-bond acceptors (Lipinski definition) is 5. The van der Waals surface area contributed by atoms with Crippen LogP contribution in [0.2, 0.25) is 0 Å². The number of para-hydroxylation sites is 2. The third-order valence-electron chi connectivity index (χ3n) is 4.64. The fraction of sp³-hybridized carbons (Fsp3) is 0. The smallest absolute Gasteiger partial charge is 0.261 e. The monoisotopic (exact) mass is 416 g/mol. The predicted molar refractivity (Wildman–Crippen MR) is 114 cm³/mol. The van der Waals surface area contributed by atoms with Crippen molar-refractivity contribution in [2.45, 2.75) is 4.90 Å². The van der Waals surface area contributed by atoms with Crippen molar-refractivity contribution in [3.05, 3.63) is 85.1 Å². The van der Waals surface area contributed by atoms with Gasteiger partial charge in [-0.15, -0.1) is 0 Å². The van der Waals surface area contributed by atoms with Crippen LogP contribution in [-0.4, -0.2) is 23.6 Å². The van der Waals surface area contributed by atoms with Gasteiger partial charge in [0, 0.05) is 11.3 Å². The molecule has 0 saturated heterocycles. The zero-order valence-corrected chi connectivity index (χ0v) is 16.4. The molecule has 2 aromatic heterocycles. The molecule has 2 heterocycles.